The average molecular weight is 293 g/mol. The zero-order chi connectivity index (χ0) is 13.4. The summed E-state index contributed by atoms with van der Waals surface area (Å²) in [5.74, 6) is 0.395. The van der Waals surface area contributed by atoms with Crippen molar-refractivity contribution < 1.29 is 14.3 Å². The highest BCUT2D eigenvalue weighted by atomic mass is 35.5. The fourth-order valence-electron chi connectivity index (χ4n) is 2.01. The molecule has 5 nitrogen and oxygen atoms in total. The monoisotopic (exact) mass is 292 g/mol. The summed E-state index contributed by atoms with van der Waals surface area (Å²) in [5.41, 5.74) is 0. The van der Waals surface area contributed by atoms with Gasteiger partial charge in [0.2, 0.25) is 5.91 Å². The SMILES string of the molecule is CC(C)OC(=O)CCNC(=O)CCC1CCNC1.Cl. The number of amides is 1. The van der Waals surface area contributed by atoms with Crippen molar-refractivity contribution in [2.45, 2.75) is 45.6 Å². The van der Waals surface area contributed by atoms with Gasteiger partial charge < -0.3 is 15.4 Å². The number of esters is 1. The number of hydrogen-bond donors (Lipinski definition) is 2. The predicted octanol–water partition coefficient (Wildman–Crippen LogP) is 1.26. The molecular weight excluding hydrogens is 268 g/mol. The first-order chi connectivity index (χ1) is 8.58. The molecule has 1 atom stereocenters. The second-order valence-corrected chi connectivity index (χ2v) is 5.04. The van der Waals surface area contributed by atoms with Crippen LogP contribution in [0.5, 0.6) is 0 Å². The van der Waals surface area contributed by atoms with Crippen LogP contribution in [-0.4, -0.2) is 37.6 Å². The molecule has 0 aromatic rings. The first-order valence-electron chi connectivity index (χ1n) is 6.75. The van der Waals surface area contributed by atoms with Crippen LogP contribution in [-0.2, 0) is 14.3 Å². The smallest absolute Gasteiger partial charge is 0.307 e. The van der Waals surface area contributed by atoms with Crippen molar-refractivity contribution in [1.29, 1.82) is 0 Å². The van der Waals surface area contributed by atoms with Crippen LogP contribution in [0, 0.1) is 5.92 Å². The van der Waals surface area contributed by atoms with Crippen LogP contribution in [0.15, 0.2) is 0 Å². The van der Waals surface area contributed by atoms with Gasteiger partial charge in [-0.25, -0.2) is 0 Å². The van der Waals surface area contributed by atoms with E-state index in [2.05, 4.69) is 10.6 Å². The van der Waals surface area contributed by atoms with Crippen molar-refractivity contribution in [2.24, 2.45) is 5.92 Å². The van der Waals surface area contributed by atoms with E-state index in [4.69, 9.17) is 4.74 Å². The molecule has 6 heteroatoms. The second kappa shape index (κ2) is 10.0. The molecule has 2 N–H and O–H groups in total. The molecule has 0 radical (unpaired) electrons. The Morgan fingerprint density at radius 2 is 2.11 bits per heavy atom. The highest BCUT2D eigenvalue weighted by Gasteiger charge is 2.15. The summed E-state index contributed by atoms with van der Waals surface area (Å²) >= 11 is 0. The van der Waals surface area contributed by atoms with Gasteiger partial charge in [-0.2, -0.15) is 0 Å². The maximum atomic E-state index is 11.5. The summed E-state index contributed by atoms with van der Waals surface area (Å²) in [6, 6.07) is 0. The Labute approximate surface area is 121 Å². The van der Waals surface area contributed by atoms with E-state index in [1.165, 1.54) is 0 Å². The van der Waals surface area contributed by atoms with E-state index < -0.39 is 0 Å². The van der Waals surface area contributed by atoms with Gasteiger partial charge in [0.1, 0.15) is 0 Å². The average Bonchev–Trinajstić information content (AvgIpc) is 2.78. The third-order valence-corrected chi connectivity index (χ3v) is 2.96. The number of hydrogen-bond acceptors (Lipinski definition) is 4. The van der Waals surface area contributed by atoms with E-state index in [-0.39, 0.29) is 36.8 Å². The number of carbonyl (C=O) groups excluding carboxylic acids is 2. The third-order valence-electron chi connectivity index (χ3n) is 2.96. The van der Waals surface area contributed by atoms with Gasteiger partial charge in [0, 0.05) is 13.0 Å². The number of halogens is 1. The number of carbonyl (C=O) groups is 2. The van der Waals surface area contributed by atoms with Crippen LogP contribution in [0.2, 0.25) is 0 Å². The van der Waals surface area contributed by atoms with Gasteiger partial charge in [-0.15, -0.1) is 12.4 Å². The van der Waals surface area contributed by atoms with Crippen LogP contribution in [0.4, 0.5) is 0 Å². The number of ether oxygens (including phenoxy) is 1. The van der Waals surface area contributed by atoms with Crippen LogP contribution >= 0.6 is 12.4 Å². The molecule has 1 heterocycles. The van der Waals surface area contributed by atoms with Gasteiger partial charge >= 0.3 is 5.97 Å². The van der Waals surface area contributed by atoms with Gasteiger partial charge in [-0.1, -0.05) is 0 Å². The lowest BCUT2D eigenvalue weighted by Gasteiger charge is -2.10. The quantitative estimate of drug-likeness (QED) is 0.693. The lowest BCUT2D eigenvalue weighted by molar-refractivity contribution is -0.147. The molecule has 0 spiro atoms. The molecule has 0 aliphatic carbocycles. The topological polar surface area (TPSA) is 67.4 Å². The Kier molecular flexibility index (Phi) is 9.61. The summed E-state index contributed by atoms with van der Waals surface area (Å²) in [7, 11) is 0. The summed E-state index contributed by atoms with van der Waals surface area (Å²) in [6.07, 6.45) is 2.78. The molecule has 0 bridgehead atoms. The van der Waals surface area contributed by atoms with Crippen molar-refractivity contribution in [3.8, 4) is 0 Å². The zero-order valence-corrected chi connectivity index (χ0v) is 12.6. The van der Waals surface area contributed by atoms with Gasteiger partial charge in [0.25, 0.3) is 0 Å². The van der Waals surface area contributed by atoms with E-state index in [0.717, 1.165) is 25.9 Å². The first-order valence-corrected chi connectivity index (χ1v) is 6.75. The molecule has 1 saturated heterocycles. The van der Waals surface area contributed by atoms with E-state index >= 15 is 0 Å². The molecule has 0 aromatic heterocycles. The molecule has 19 heavy (non-hydrogen) atoms. The van der Waals surface area contributed by atoms with Crippen molar-refractivity contribution >= 4 is 24.3 Å². The molecule has 1 unspecified atom stereocenters. The van der Waals surface area contributed by atoms with Crippen LogP contribution in [0.3, 0.4) is 0 Å². The molecule has 1 rings (SSSR count). The Bertz CT molecular complexity index is 279. The molecule has 0 aromatic carbocycles. The summed E-state index contributed by atoms with van der Waals surface area (Å²) in [4.78, 5) is 22.7. The molecule has 1 amide bonds. The molecule has 0 saturated carbocycles. The summed E-state index contributed by atoms with van der Waals surface area (Å²) < 4.78 is 4.97. The zero-order valence-electron chi connectivity index (χ0n) is 11.7. The standard InChI is InChI=1S/C13H24N2O3.ClH/c1-10(2)18-13(17)6-8-15-12(16)4-3-11-5-7-14-9-11;/h10-11,14H,3-9H2,1-2H3,(H,15,16);1H. The molecule has 1 aliphatic heterocycles. The molecule has 1 aliphatic rings. The first kappa shape index (κ1) is 18.2. The minimum absolute atomic E-state index is 0. The largest absolute Gasteiger partial charge is 0.463 e. The van der Waals surface area contributed by atoms with Crippen molar-refractivity contribution in [1.82, 2.24) is 10.6 Å². The molecular formula is C13H25ClN2O3. The molecule has 112 valence electrons. The van der Waals surface area contributed by atoms with Gasteiger partial charge in [0.15, 0.2) is 0 Å². The lowest BCUT2D eigenvalue weighted by atomic mass is 10.0. The van der Waals surface area contributed by atoms with E-state index in [1.807, 2.05) is 13.8 Å². The normalized spacial score (nSPS) is 17.9. The van der Waals surface area contributed by atoms with Crippen molar-refractivity contribution in [3.63, 3.8) is 0 Å². The number of nitrogens with one attached hydrogen (secondary N) is 2. The Hall–Kier alpha value is -0.810. The lowest BCUT2D eigenvalue weighted by Crippen LogP contribution is -2.27. The van der Waals surface area contributed by atoms with Crippen LogP contribution < -0.4 is 10.6 Å². The number of rotatable bonds is 7. The Balaban J connectivity index is 0.00000324. The van der Waals surface area contributed by atoms with E-state index in [1.54, 1.807) is 0 Å². The highest BCUT2D eigenvalue weighted by Crippen LogP contribution is 2.13. The molecule has 1 fully saturated rings. The van der Waals surface area contributed by atoms with Gasteiger partial charge in [-0.05, 0) is 45.7 Å². The fraction of sp³-hybridized carbons (Fsp3) is 0.846. The van der Waals surface area contributed by atoms with Crippen molar-refractivity contribution in [3.05, 3.63) is 0 Å². The highest BCUT2D eigenvalue weighted by molar-refractivity contribution is 5.85. The second-order valence-electron chi connectivity index (χ2n) is 5.04. The Morgan fingerprint density at radius 3 is 2.68 bits per heavy atom. The fourth-order valence-corrected chi connectivity index (χ4v) is 2.01. The Morgan fingerprint density at radius 1 is 1.37 bits per heavy atom. The van der Waals surface area contributed by atoms with E-state index in [0.29, 0.717) is 18.9 Å². The van der Waals surface area contributed by atoms with Gasteiger partial charge in [0.05, 0.1) is 12.5 Å². The van der Waals surface area contributed by atoms with Gasteiger partial charge in [-0.3, -0.25) is 9.59 Å². The predicted molar refractivity (Wildman–Crippen MR) is 76.3 cm³/mol. The third kappa shape index (κ3) is 8.83. The maximum Gasteiger partial charge on any atom is 0.307 e. The van der Waals surface area contributed by atoms with Crippen LogP contribution in [0.25, 0.3) is 0 Å². The summed E-state index contributed by atoms with van der Waals surface area (Å²) in [5, 5.41) is 6.03. The minimum atomic E-state index is -0.259. The van der Waals surface area contributed by atoms with E-state index in [9.17, 15) is 9.59 Å². The minimum Gasteiger partial charge on any atom is -0.463 e. The maximum absolute atomic E-state index is 11.5. The van der Waals surface area contributed by atoms with Crippen molar-refractivity contribution in [2.75, 3.05) is 19.6 Å². The summed E-state index contributed by atoms with van der Waals surface area (Å²) in [6.45, 7) is 6.08. The van der Waals surface area contributed by atoms with Crippen LogP contribution in [0.1, 0.15) is 39.5 Å².